The second-order valence-corrected chi connectivity index (χ2v) is 13.4. The number of rotatable bonds is 3. The van der Waals surface area contributed by atoms with E-state index in [1.54, 1.807) is 20.8 Å². The molecule has 6 fully saturated rings. The van der Waals surface area contributed by atoms with Crippen molar-refractivity contribution in [2.45, 2.75) is 96.4 Å². The number of ether oxygens (including phenoxy) is 2. The fraction of sp³-hybridized carbons (Fsp3) is 0.923. The highest BCUT2D eigenvalue weighted by Gasteiger charge is 2.87. The van der Waals surface area contributed by atoms with E-state index in [2.05, 4.69) is 5.32 Å². The van der Waals surface area contributed by atoms with Crippen LogP contribution in [-0.2, 0) is 14.3 Å². The predicted octanol–water partition coefficient (Wildman–Crippen LogP) is 1.35. The summed E-state index contributed by atoms with van der Waals surface area (Å²) in [6.45, 7) is 9.61. The molecule has 4 saturated carbocycles. The minimum absolute atomic E-state index is 0.0533. The molecule has 2 heterocycles. The van der Waals surface area contributed by atoms with Crippen LogP contribution in [0, 0.1) is 39.9 Å². The van der Waals surface area contributed by atoms with Crippen LogP contribution in [0.15, 0.2) is 0 Å². The number of nitrogens with one attached hydrogen (secondary N) is 1. The maximum Gasteiger partial charge on any atom is 0.407 e. The van der Waals surface area contributed by atoms with Crippen molar-refractivity contribution in [1.29, 1.82) is 0 Å². The van der Waals surface area contributed by atoms with Crippen LogP contribution in [0.2, 0.25) is 0 Å². The average Bonchev–Trinajstić information content (AvgIpc) is 2.85. The van der Waals surface area contributed by atoms with Crippen molar-refractivity contribution in [3.63, 3.8) is 0 Å². The molecule has 0 aromatic carbocycles. The molecule has 4 aliphatic carbocycles. The first kappa shape index (κ1) is 25.4. The van der Waals surface area contributed by atoms with E-state index >= 15 is 0 Å². The van der Waals surface area contributed by atoms with E-state index < -0.39 is 70.3 Å². The smallest absolute Gasteiger partial charge is 0.407 e. The van der Waals surface area contributed by atoms with E-state index in [0.29, 0.717) is 25.7 Å². The fourth-order valence-corrected chi connectivity index (χ4v) is 9.08. The summed E-state index contributed by atoms with van der Waals surface area (Å²) >= 11 is 0. The molecule has 10 atom stereocenters. The van der Waals surface area contributed by atoms with Gasteiger partial charge in [0, 0.05) is 23.8 Å². The van der Waals surface area contributed by atoms with E-state index in [1.165, 1.54) is 0 Å². The zero-order valence-electron chi connectivity index (χ0n) is 21.4. The molecule has 0 unspecified atom stereocenters. The van der Waals surface area contributed by atoms with Gasteiger partial charge < -0.3 is 35.2 Å². The largest absolute Gasteiger partial charge is 0.444 e. The molecule has 0 aromatic rings. The Morgan fingerprint density at radius 2 is 1.83 bits per heavy atom. The summed E-state index contributed by atoms with van der Waals surface area (Å²) in [5.41, 5.74) is -3.64. The molecule has 5 N–H and O–H groups in total. The van der Waals surface area contributed by atoms with Gasteiger partial charge in [0.15, 0.2) is 5.78 Å². The van der Waals surface area contributed by atoms with Crippen molar-refractivity contribution in [2.75, 3.05) is 13.2 Å². The molecular weight excluding hydrogens is 454 g/mol. The van der Waals surface area contributed by atoms with Gasteiger partial charge in [-0.2, -0.15) is 0 Å². The van der Waals surface area contributed by atoms with Gasteiger partial charge in [-0.3, -0.25) is 4.79 Å². The van der Waals surface area contributed by atoms with Gasteiger partial charge in [-0.25, -0.2) is 4.79 Å². The highest BCUT2D eigenvalue weighted by atomic mass is 16.6. The third-order valence-corrected chi connectivity index (χ3v) is 10.2. The maximum absolute atomic E-state index is 14.2. The zero-order valence-corrected chi connectivity index (χ0v) is 21.4. The number of ketones is 1. The van der Waals surface area contributed by atoms with Crippen LogP contribution in [0.3, 0.4) is 0 Å². The molecule has 0 radical (unpaired) electrons. The molecule has 9 heteroatoms. The summed E-state index contributed by atoms with van der Waals surface area (Å²) in [4.78, 5) is 26.3. The number of hydrogen-bond donors (Lipinski definition) is 5. The minimum atomic E-state index is -2.22. The van der Waals surface area contributed by atoms with E-state index in [-0.39, 0.29) is 30.8 Å². The third-order valence-electron chi connectivity index (χ3n) is 10.2. The lowest BCUT2D eigenvalue weighted by atomic mass is 9.35. The summed E-state index contributed by atoms with van der Waals surface area (Å²) in [5.74, 6) is -4.52. The third kappa shape index (κ3) is 3.05. The van der Waals surface area contributed by atoms with E-state index in [4.69, 9.17) is 9.47 Å². The van der Waals surface area contributed by atoms with Crippen LogP contribution in [-0.4, -0.2) is 75.2 Å². The second-order valence-electron chi connectivity index (χ2n) is 13.4. The highest BCUT2D eigenvalue weighted by Crippen LogP contribution is 2.76. The number of aliphatic hydroxyl groups is 4. The number of aliphatic hydroxyl groups excluding tert-OH is 3. The van der Waals surface area contributed by atoms with Gasteiger partial charge in [0.25, 0.3) is 0 Å². The number of alkyl carbamates (subject to hydrolysis) is 1. The van der Waals surface area contributed by atoms with Crippen LogP contribution in [0.5, 0.6) is 0 Å². The Morgan fingerprint density at radius 1 is 1.14 bits per heavy atom. The molecule has 4 bridgehead atoms. The standard InChI is InChI=1S/C26H41NO8/c1-22(2,3)35-21(32)27-11-9-14-13-6-7-15-24-12-34-26(33,25(15,18(13)29)19(14)30)20(31)17(24)23(4,5)10-8-16(24)28/h13-18,20,28-29,31,33H,6-12H2,1-5H3,(H,27,32)/t13-,14-,15-,16-,17+,18+,20-,24+,25+,26+/m0/s1. The van der Waals surface area contributed by atoms with E-state index in [1.807, 2.05) is 13.8 Å². The number of fused-ring (bicyclic) bond motifs is 2. The topological polar surface area (TPSA) is 146 Å². The first-order chi connectivity index (χ1) is 16.1. The lowest BCUT2D eigenvalue weighted by molar-refractivity contribution is -0.458. The van der Waals surface area contributed by atoms with Crippen molar-refractivity contribution in [3.05, 3.63) is 0 Å². The van der Waals surface area contributed by atoms with Crippen molar-refractivity contribution < 1.29 is 39.5 Å². The molecule has 6 aliphatic rings. The minimum Gasteiger partial charge on any atom is -0.444 e. The quantitative estimate of drug-likeness (QED) is 0.394. The molecule has 2 spiro atoms. The van der Waals surface area contributed by atoms with Crippen molar-refractivity contribution >= 4 is 11.9 Å². The molecule has 0 aromatic heterocycles. The zero-order chi connectivity index (χ0) is 25.8. The molecule has 2 saturated heterocycles. The molecule has 9 nitrogen and oxygen atoms in total. The van der Waals surface area contributed by atoms with E-state index in [0.717, 1.165) is 0 Å². The molecule has 2 aliphatic heterocycles. The number of amides is 1. The SMILES string of the molecule is CC(C)(C)OC(=O)NCC[C@@H]1C(=O)[C@]23[C@H](O)[C@H]1CC[C@H]2[C@@]12CO[C@]3(O)[C@@H](O)[C@@H]1C(C)(C)CC[C@@H]2O. The Labute approximate surface area is 206 Å². The highest BCUT2D eigenvalue weighted by molar-refractivity contribution is 5.93. The van der Waals surface area contributed by atoms with Crippen molar-refractivity contribution in [3.8, 4) is 0 Å². The lowest BCUT2D eigenvalue weighted by Crippen LogP contribution is -2.85. The maximum atomic E-state index is 14.2. The molecule has 6 rings (SSSR count). The van der Waals surface area contributed by atoms with Gasteiger partial charge in [0.2, 0.25) is 5.79 Å². The van der Waals surface area contributed by atoms with Gasteiger partial charge in [-0.15, -0.1) is 0 Å². The van der Waals surface area contributed by atoms with Crippen LogP contribution in [0.25, 0.3) is 0 Å². The summed E-state index contributed by atoms with van der Waals surface area (Å²) in [6, 6.07) is 0. The van der Waals surface area contributed by atoms with Crippen LogP contribution >= 0.6 is 0 Å². The summed E-state index contributed by atoms with van der Waals surface area (Å²) in [7, 11) is 0. The second kappa shape index (κ2) is 7.63. The van der Waals surface area contributed by atoms with Crippen LogP contribution < -0.4 is 5.32 Å². The Bertz CT molecular complexity index is 916. The van der Waals surface area contributed by atoms with Gasteiger partial charge in [-0.05, 0) is 70.1 Å². The summed E-state index contributed by atoms with van der Waals surface area (Å²) < 4.78 is 11.2. The lowest BCUT2D eigenvalue weighted by Gasteiger charge is -2.74. The Morgan fingerprint density at radius 3 is 2.49 bits per heavy atom. The summed E-state index contributed by atoms with van der Waals surface area (Å²) in [6.07, 6.45) is -1.37. The number of carbonyl (C=O) groups is 2. The Balaban J connectivity index is 1.48. The van der Waals surface area contributed by atoms with Gasteiger partial charge >= 0.3 is 6.09 Å². The first-order valence-electron chi connectivity index (χ1n) is 13.1. The molecule has 1 amide bonds. The molecule has 198 valence electrons. The number of carbonyl (C=O) groups excluding carboxylic acids is 2. The predicted molar refractivity (Wildman–Crippen MR) is 124 cm³/mol. The molecule has 35 heavy (non-hydrogen) atoms. The van der Waals surface area contributed by atoms with Crippen molar-refractivity contribution in [2.24, 2.45) is 39.9 Å². The van der Waals surface area contributed by atoms with Crippen LogP contribution in [0.4, 0.5) is 4.79 Å². The van der Waals surface area contributed by atoms with E-state index in [9.17, 15) is 30.0 Å². The first-order valence-corrected chi connectivity index (χ1v) is 13.1. The van der Waals surface area contributed by atoms with Crippen LogP contribution in [0.1, 0.15) is 66.7 Å². The van der Waals surface area contributed by atoms with Gasteiger partial charge in [-0.1, -0.05) is 13.8 Å². The Hall–Kier alpha value is -1.26. The number of Topliss-reactive ketones (excluding diaryl/α,β-unsaturated/α-hetero) is 1. The fourth-order valence-electron chi connectivity index (χ4n) is 9.08. The Kier molecular flexibility index (Phi) is 5.54. The average molecular weight is 496 g/mol. The monoisotopic (exact) mass is 495 g/mol. The van der Waals surface area contributed by atoms with Gasteiger partial charge in [0.05, 0.1) is 18.8 Å². The normalized spacial score (nSPS) is 49.9. The molecular formula is C26H41NO8. The van der Waals surface area contributed by atoms with Gasteiger partial charge in [0.1, 0.15) is 17.1 Å². The van der Waals surface area contributed by atoms with Crippen molar-refractivity contribution in [1.82, 2.24) is 5.32 Å². The number of hydrogen-bond acceptors (Lipinski definition) is 8. The summed E-state index contributed by atoms with van der Waals surface area (Å²) in [5, 5.41) is 49.3.